The van der Waals surface area contributed by atoms with Gasteiger partial charge in [0.15, 0.2) is 10.4 Å². The number of imidazole rings is 1. The Morgan fingerprint density at radius 1 is 1.38 bits per heavy atom. The van der Waals surface area contributed by atoms with Gasteiger partial charge in [0, 0.05) is 25.3 Å². The van der Waals surface area contributed by atoms with Crippen LogP contribution in [-0.4, -0.2) is 38.6 Å². The minimum Gasteiger partial charge on any atom is -0.329 e. The van der Waals surface area contributed by atoms with Crippen LogP contribution in [0, 0.1) is 11.7 Å². The third-order valence-electron chi connectivity index (χ3n) is 4.51. The molecular formula is C16H24N4S. The summed E-state index contributed by atoms with van der Waals surface area (Å²) in [6.45, 7) is 7.75. The second-order valence-electron chi connectivity index (χ2n) is 6.20. The van der Waals surface area contributed by atoms with E-state index in [1.54, 1.807) is 0 Å². The molecule has 21 heavy (non-hydrogen) atoms. The molecule has 1 N–H and O–H groups in total. The van der Waals surface area contributed by atoms with Crippen LogP contribution >= 0.6 is 12.2 Å². The summed E-state index contributed by atoms with van der Waals surface area (Å²) in [7, 11) is 0. The highest BCUT2D eigenvalue weighted by Crippen LogP contribution is 2.17. The molecule has 0 aromatic carbocycles. The minimum absolute atomic E-state index is 0.732. The van der Waals surface area contributed by atoms with E-state index >= 15 is 0 Å². The Kier molecular flexibility index (Phi) is 4.40. The SMILES string of the molecule is Cc1cnc2c(c1)[nH]c(=S)n2CCCN1CCCCC1C. The standard InChI is InChI=1S/C16H24N4S/c1-12-10-14-15(17-11-12)20(16(21)18-14)9-5-8-19-7-4-3-6-13(19)2/h10-11,13H,3-9H2,1-2H3,(H,18,21). The fourth-order valence-corrected chi connectivity index (χ4v) is 3.56. The molecule has 1 aliphatic heterocycles. The van der Waals surface area contributed by atoms with Crippen molar-refractivity contribution in [3.8, 4) is 0 Å². The average Bonchev–Trinajstić information content (AvgIpc) is 2.76. The summed E-state index contributed by atoms with van der Waals surface area (Å²) in [5, 5.41) is 0. The third kappa shape index (κ3) is 3.19. The molecule has 1 atom stereocenters. The zero-order valence-electron chi connectivity index (χ0n) is 12.9. The van der Waals surface area contributed by atoms with Gasteiger partial charge >= 0.3 is 0 Å². The number of hydrogen-bond acceptors (Lipinski definition) is 3. The van der Waals surface area contributed by atoms with E-state index in [1.165, 1.54) is 25.8 Å². The number of piperidine rings is 1. The van der Waals surface area contributed by atoms with E-state index in [0.29, 0.717) is 0 Å². The largest absolute Gasteiger partial charge is 0.329 e. The molecule has 1 fully saturated rings. The van der Waals surface area contributed by atoms with E-state index in [1.807, 2.05) is 6.20 Å². The molecule has 0 radical (unpaired) electrons. The molecule has 3 rings (SSSR count). The Hall–Kier alpha value is -1.20. The number of fused-ring (bicyclic) bond motifs is 1. The van der Waals surface area contributed by atoms with E-state index in [4.69, 9.17) is 12.2 Å². The van der Waals surface area contributed by atoms with E-state index < -0.39 is 0 Å². The van der Waals surface area contributed by atoms with Crippen molar-refractivity contribution in [3.05, 3.63) is 22.6 Å². The summed E-state index contributed by atoms with van der Waals surface area (Å²) in [4.78, 5) is 10.4. The molecule has 4 nitrogen and oxygen atoms in total. The van der Waals surface area contributed by atoms with Crippen LogP contribution in [0.15, 0.2) is 12.3 Å². The first kappa shape index (κ1) is 14.7. The van der Waals surface area contributed by atoms with Gasteiger partial charge in [0.2, 0.25) is 0 Å². The summed E-state index contributed by atoms with van der Waals surface area (Å²) in [6.07, 6.45) is 7.11. The molecule has 0 saturated carbocycles. The second kappa shape index (κ2) is 6.28. The molecular weight excluding hydrogens is 280 g/mol. The van der Waals surface area contributed by atoms with Gasteiger partial charge in [0.05, 0.1) is 5.52 Å². The van der Waals surface area contributed by atoms with Gasteiger partial charge in [-0.25, -0.2) is 4.98 Å². The van der Waals surface area contributed by atoms with E-state index in [0.717, 1.165) is 47.1 Å². The van der Waals surface area contributed by atoms with Crippen LogP contribution in [0.4, 0.5) is 0 Å². The Balaban J connectivity index is 1.68. The number of pyridine rings is 1. The predicted molar refractivity (Wildman–Crippen MR) is 89.2 cm³/mol. The number of rotatable bonds is 4. The average molecular weight is 304 g/mol. The van der Waals surface area contributed by atoms with Crippen LogP contribution in [0.3, 0.4) is 0 Å². The van der Waals surface area contributed by atoms with Crippen molar-refractivity contribution in [2.45, 2.75) is 52.1 Å². The molecule has 3 heterocycles. The molecule has 2 aromatic rings. The first-order valence-electron chi connectivity index (χ1n) is 7.94. The molecule has 2 aromatic heterocycles. The Labute approximate surface area is 131 Å². The lowest BCUT2D eigenvalue weighted by molar-refractivity contribution is 0.157. The number of H-pyrrole nitrogens is 1. The predicted octanol–water partition coefficient (Wildman–Crippen LogP) is 3.67. The molecule has 0 aliphatic carbocycles. The van der Waals surface area contributed by atoms with Gasteiger partial charge in [-0.05, 0) is 63.5 Å². The van der Waals surface area contributed by atoms with Crippen LogP contribution < -0.4 is 0 Å². The van der Waals surface area contributed by atoms with Gasteiger partial charge in [-0.1, -0.05) is 6.42 Å². The number of aromatic amines is 1. The molecule has 0 bridgehead atoms. The first-order valence-corrected chi connectivity index (χ1v) is 8.35. The van der Waals surface area contributed by atoms with Crippen LogP contribution in [0.25, 0.3) is 11.2 Å². The fraction of sp³-hybridized carbons (Fsp3) is 0.625. The van der Waals surface area contributed by atoms with E-state index in [-0.39, 0.29) is 0 Å². The van der Waals surface area contributed by atoms with Crippen LogP contribution in [0.2, 0.25) is 0 Å². The minimum atomic E-state index is 0.732. The smallest absolute Gasteiger partial charge is 0.179 e. The van der Waals surface area contributed by atoms with Gasteiger partial charge in [0.1, 0.15) is 0 Å². The molecule has 114 valence electrons. The maximum Gasteiger partial charge on any atom is 0.179 e. The number of aromatic nitrogens is 3. The van der Waals surface area contributed by atoms with Crippen molar-refractivity contribution in [2.75, 3.05) is 13.1 Å². The van der Waals surface area contributed by atoms with Gasteiger partial charge < -0.3 is 14.5 Å². The molecule has 1 aliphatic rings. The zero-order valence-corrected chi connectivity index (χ0v) is 13.7. The summed E-state index contributed by atoms with van der Waals surface area (Å²) in [5.41, 5.74) is 3.19. The summed E-state index contributed by atoms with van der Waals surface area (Å²) >= 11 is 5.44. The lowest BCUT2D eigenvalue weighted by Crippen LogP contribution is -2.38. The lowest BCUT2D eigenvalue weighted by Gasteiger charge is -2.33. The van der Waals surface area contributed by atoms with Crippen molar-refractivity contribution in [2.24, 2.45) is 0 Å². The number of nitrogens with one attached hydrogen (secondary N) is 1. The van der Waals surface area contributed by atoms with Crippen LogP contribution in [0.1, 0.15) is 38.2 Å². The molecule has 0 spiro atoms. The van der Waals surface area contributed by atoms with Crippen LogP contribution in [0.5, 0.6) is 0 Å². The Bertz CT molecular complexity index is 672. The quantitative estimate of drug-likeness (QED) is 0.876. The number of likely N-dealkylation sites (tertiary alicyclic amines) is 1. The summed E-state index contributed by atoms with van der Waals surface area (Å²) < 4.78 is 2.92. The number of aryl methyl sites for hydroxylation is 2. The van der Waals surface area contributed by atoms with Crippen molar-refractivity contribution in [3.63, 3.8) is 0 Å². The van der Waals surface area contributed by atoms with Crippen molar-refractivity contribution in [1.29, 1.82) is 0 Å². The van der Waals surface area contributed by atoms with Crippen molar-refractivity contribution >= 4 is 23.4 Å². The van der Waals surface area contributed by atoms with Gasteiger partial charge in [0.25, 0.3) is 0 Å². The second-order valence-corrected chi connectivity index (χ2v) is 6.59. The van der Waals surface area contributed by atoms with Gasteiger partial charge in [-0.15, -0.1) is 0 Å². The highest BCUT2D eigenvalue weighted by molar-refractivity contribution is 7.71. The third-order valence-corrected chi connectivity index (χ3v) is 4.84. The fourth-order valence-electron chi connectivity index (χ4n) is 3.28. The Morgan fingerprint density at radius 2 is 2.24 bits per heavy atom. The van der Waals surface area contributed by atoms with Crippen molar-refractivity contribution in [1.82, 2.24) is 19.4 Å². The molecule has 1 saturated heterocycles. The molecule has 5 heteroatoms. The summed E-state index contributed by atoms with van der Waals surface area (Å²) in [6, 6.07) is 2.84. The molecule has 1 unspecified atom stereocenters. The number of hydrogen-bond donors (Lipinski definition) is 1. The Morgan fingerprint density at radius 3 is 3.05 bits per heavy atom. The van der Waals surface area contributed by atoms with E-state index in [2.05, 4.69) is 39.3 Å². The van der Waals surface area contributed by atoms with Gasteiger partial charge in [-0.2, -0.15) is 0 Å². The maximum atomic E-state index is 5.44. The highest BCUT2D eigenvalue weighted by atomic mass is 32.1. The van der Waals surface area contributed by atoms with Gasteiger partial charge in [-0.3, -0.25) is 0 Å². The molecule has 0 amide bonds. The highest BCUT2D eigenvalue weighted by Gasteiger charge is 2.17. The lowest BCUT2D eigenvalue weighted by atomic mass is 10.0. The van der Waals surface area contributed by atoms with Crippen LogP contribution in [-0.2, 0) is 6.54 Å². The maximum absolute atomic E-state index is 5.44. The summed E-state index contributed by atoms with van der Waals surface area (Å²) in [5.74, 6) is 0. The monoisotopic (exact) mass is 304 g/mol. The first-order chi connectivity index (χ1) is 10.1. The zero-order chi connectivity index (χ0) is 14.8. The number of nitrogens with zero attached hydrogens (tertiary/aromatic N) is 3. The topological polar surface area (TPSA) is 36.9 Å². The normalized spacial score (nSPS) is 20.2. The van der Waals surface area contributed by atoms with E-state index in [9.17, 15) is 0 Å². The van der Waals surface area contributed by atoms with Crippen molar-refractivity contribution < 1.29 is 0 Å².